The minimum absolute atomic E-state index is 0.105. The SMILES string of the molecule is CC1CN(C(CO)C(N)C2CC2)C(C)CO1. The number of nitrogens with zero attached hydrogens (tertiary/aromatic N) is 1. The molecule has 16 heavy (non-hydrogen) atoms. The number of rotatable bonds is 4. The van der Waals surface area contributed by atoms with Gasteiger partial charge < -0.3 is 15.6 Å². The minimum Gasteiger partial charge on any atom is -0.395 e. The van der Waals surface area contributed by atoms with Crippen LogP contribution in [-0.2, 0) is 4.74 Å². The Hall–Kier alpha value is -0.160. The maximum atomic E-state index is 9.57. The van der Waals surface area contributed by atoms with E-state index in [2.05, 4.69) is 18.7 Å². The van der Waals surface area contributed by atoms with Gasteiger partial charge in [0, 0.05) is 24.7 Å². The van der Waals surface area contributed by atoms with Gasteiger partial charge in [-0.25, -0.2) is 0 Å². The summed E-state index contributed by atoms with van der Waals surface area (Å²) in [5.74, 6) is 0.627. The normalized spacial score (nSPS) is 36.0. The van der Waals surface area contributed by atoms with Gasteiger partial charge in [-0.15, -0.1) is 0 Å². The Labute approximate surface area is 97.7 Å². The fraction of sp³-hybridized carbons (Fsp3) is 1.00. The lowest BCUT2D eigenvalue weighted by molar-refractivity contribution is -0.0785. The van der Waals surface area contributed by atoms with E-state index < -0.39 is 0 Å². The third kappa shape index (κ3) is 2.56. The smallest absolute Gasteiger partial charge is 0.0674 e. The third-order valence-electron chi connectivity index (χ3n) is 3.88. The van der Waals surface area contributed by atoms with Crippen molar-refractivity contribution in [1.29, 1.82) is 0 Å². The molecule has 0 amide bonds. The molecule has 0 radical (unpaired) electrons. The Morgan fingerprint density at radius 3 is 2.69 bits per heavy atom. The molecule has 0 aromatic heterocycles. The summed E-state index contributed by atoms with van der Waals surface area (Å²) in [4.78, 5) is 2.33. The molecule has 4 unspecified atom stereocenters. The molecule has 0 aromatic carbocycles. The lowest BCUT2D eigenvalue weighted by atomic mass is 10.0. The topological polar surface area (TPSA) is 58.7 Å². The molecule has 2 rings (SSSR count). The zero-order valence-electron chi connectivity index (χ0n) is 10.3. The van der Waals surface area contributed by atoms with Crippen LogP contribution in [0.25, 0.3) is 0 Å². The molecule has 1 aliphatic carbocycles. The number of hydrogen-bond acceptors (Lipinski definition) is 4. The first-order valence-electron chi connectivity index (χ1n) is 6.37. The van der Waals surface area contributed by atoms with E-state index in [-0.39, 0.29) is 24.8 Å². The average molecular weight is 228 g/mol. The van der Waals surface area contributed by atoms with E-state index in [1.807, 2.05) is 0 Å². The first-order valence-corrected chi connectivity index (χ1v) is 6.37. The van der Waals surface area contributed by atoms with E-state index in [4.69, 9.17) is 10.5 Å². The molecule has 1 saturated heterocycles. The molecule has 2 aliphatic rings. The molecule has 94 valence electrons. The molecular formula is C12H24N2O2. The standard InChI is InChI=1S/C12H24N2O2/c1-8-7-16-9(2)5-14(8)11(6-15)12(13)10-3-4-10/h8-12,15H,3-7,13H2,1-2H3. The Balaban J connectivity index is 2.00. The number of ether oxygens (including phenoxy) is 1. The molecule has 4 atom stereocenters. The summed E-state index contributed by atoms with van der Waals surface area (Å²) >= 11 is 0. The average Bonchev–Trinajstić information content (AvgIpc) is 3.07. The molecule has 4 heteroatoms. The monoisotopic (exact) mass is 228 g/mol. The predicted molar refractivity (Wildman–Crippen MR) is 63.2 cm³/mol. The second-order valence-corrected chi connectivity index (χ2v) is 5.35. The molecule has 0 spiro atoms. The van der Waals surface area contributed by atoms with Crippen LogP contribution in [-0.4, -0.2) is 54.0 Å². The second-order valence-electron chi connectivity index (χ2n) is 5.35. The highest BCUT2D eigenvalue weighted by Gasteiger charge is 2.39. The van der Waals surface area contributed by atoms with Crippen LogP contribution in [0.3, 0.4) is 0 Å². The van der Waals surface area contributed by atoms with Crippen molar-refractivity contribution in [3.8, 4) is 0 Å². The van der Waals surface area contributed by atoms with Gasteiger partial charge in [0.25, 0.3) is 0 Å². The number of aliphatic hydroxyl groups excluding tert-OH is 1. The van der Waals surface area contributed by atoms with Crippen LogP contribution in [0.5, 0.6) is 0 Å². The summed E-state index contributed by atoms with van der Waals surface area (Å²) < 4.78 is 5.61. The highest BCUT2D eigenvalue weighted by molar-refractivity contribution is 4.95. The van der Waals surface area contributed by atoms with E-state index in [0.29, 0.717) is 12.0 Å². The van der Waals surface area contributed by atoms with Crippen molar-refractivity contribution in [2.45, 2.75) is 50.9 Å². The number of aliphatic hydroxyl groups is 1. The van der Waals surface area contributed by atoms with Crippen LogP contribution in [0.15, 0.2) is 0 Å². The van der Waals surface area contributed by atoms with Crippen LogP contribution < -0.4 is 5.73 Å². The molecule has 2 fully saturated rings. The molecule has 0 bridgehead atoms. The van der Waals surface area contributed by atoms with Crippen LogP contribution in [0, 0.1) is 5.92 Å². The minimum atomic E-state index is 0.105. The van der Waals surface area contributed by atoms with Crippen molar-refractivity contribution in [3.63, 3.8) is 0 Å². The van der Waals surface area contributed by atoms with Gasteiger partial charge in [0.05, 0.1) is 19.3 Å². The Kier molecular flexibility index (Phi) is 3.85. The molecular weight excluding hydrogens is 204 g/mol. The largest absolute Gasteiger partial charge is 0.395 e. The fourth-order valence-electron chi connectivity index (χ4n) is 2.63. The van der Waals surface area contributed by atoms with Crippen molar-refractivity contribution >= 4 is 0 Å². The van der Waals surface area contributed by atoms with Gasteiger partial charge in [-0.3, -0.25) is 4.90 Å². The van der Waals surface area contributed by atoms with Gasteiger partial charge in [-0.2, -0.15) is 0 Å². The fourth-order valence-corrected chi connectivity index (χ4v) is 2.63. The lowest BCUT2D eigenvalue weighted by Gasteiger charge is -2.43. The van der Waals surface area contributed by atoms with Gasteiger partial charge in [0.2, 0.25) is 0 Å². The summed E-state index contributed by atoms with van der Waals surface area (Å²) in [7, 11) is 0. The van der Waals surface area contributed by atoms with Crippen molar-refractivity contribution in [2.75, 3.05) is 19.8 Å². The summed E-state index contributed by atoms with van der Waals surface area (Å²) in [6.07, 6.45) is 2.70. The molecule has 1 saturated carbocycles. The molecule has 0 aromatic rings. The van der Waals surface area contributed by atoms with Crippen LogP contribution in [0.2, 0.25) is 0 Å². The van der Waals surface area contributed by atoms with Gasteiger partial charge in [0.1, 0.15) is 0 Å². The van der Waals surface area contributed by atoms with Crippen LogP contribution in [0.1, 0.15) is 26.7 Å². The highest BCUT2D eigenvalue weighted by Crippen LogP contribution is 2.34. The molecule has 3 N–H and O–H groups in total. The van der Waals surface area contributed by atoms with Gasteiger partial charge in [-0.05, 0) is 32.6 Å². The Bertz CT molecular complexity index is 233. The number of nitrogens with two attached hydrogens (primary N) is 1. The molecule has 4 nitrogen and oxygen atoms in total. The third-order valence-corrected chi connectivity index (χ3v) is 3.88. The van der Waals surface area contributed by atoms with E-state index in [1.165, 1.54) is 12.8 Å². The summed E-state index contributed by atoms with van der Waals surface area (Å²) in [6, 6.07) is 0.588. The summed E-state index contributed by atoms with van der Waals surface area (Å²) in [6.45, 7) is 6.01. The number of hydrogen-bond donors (Lipinski definition) is 2. The zero-order chi connectivity index (χ0) is 11.7. The summed E-state index contributed by atoms with van der Waals surface area (Å²) in [5, 5.41) is 9.57. The highest BCUT2D eigenvalue weighted by atomic mass is 16.5. The molecule has 1 aliphatic heterocycles. The number of morpholine rings is 1. The maximum Gasteiger partial charge on any atom is 0.0674 e. The van der Waals surface area contributed by atoms with E-state index in [9.17, 15) is 5.11 Å². The first kappa shape index (κ1) is 12.3. The lowest BCUT2D eigenvalue weighted by Crippen LogP contribution is -2.59. The van der Waals surface area contributed by atoms with Crippen molar-refractivity contribution in [2.24, 2.45) is 11.7 Å². The van der Waals surface area contributed by atoms with E-state index in [1.54, 1.807) is 0 Å². The van der Waals surface area contributed by atoms with Gasteiger partial charge in [0.15, 0.2) is 0 Å². The Morgan fingerprint density at radius 2 is 2.12 bits per heavy atom. The first-order chi connectivity index (χ1) is 7.63. The zero-order valence-corrected chi connectivity index (χ0v) is 10.3. The molecule has 1 heterocycles. The van der Waals surface area contributed by atoms with Gasteiger partial charge >= 0.3 is 0 Å². The summed E-state index contributed by atoms with van der Waals surface area (Å²) in [5.41, 5.74) is 6.23. The van der Waals surface area contributed by atoms with Crippen LogP contribution in [0.4, 0.5) is 0 Å². The van der Waals surface area contributed by atoms with Crippen molar-refractivity contribution < 1.29 is 9.84 Å². The van der Waals surface area contributed by atoms with Crippen molar-refractivity contribution in [1.82, 2.24) is 4.90 Å². The maximum absolute atomic E-state index is 9.57. The quantitative estimate of drug-likeness (QED) is 0.721. The van der Waals surface area contributed by atoms with Gasteiger partial charge in [-0.1, -0.05) is 0 Å². The second kappa shape index (κ2) is 5.00. The van der Waals surface area contributed by atoms with E-state index in [0.717, 1.165) is 13.2 Å². The predicted octanol–water partition coefficient (Wildman–Crippen LogP) is 0.194. The Morgan fingerprint density at radius 1 is 1.44 bits per heavy atom. The van der Waals surface area contributed by atoms with Crippen molar-refractivity contribution in [3.05, 3.63) is 0 Å². The van der Waals surface area contributed by atoms with Crippen LogP contribution >= 0.6 is 0 Å². The van der Waals surface area contributed by atoms with E-state index >= 15 is 0 Å².